The van der Waals surface area contributed by atoms with E-state index in [1.807, 2.05) is 40.1 Å². The van der Waals surface area contributed by atoms with Crippen LogP contribution in [0.2, 0.25) is 0 Å². The van der Waals surface area contributed by atoms with Crippen molar-refractivity contribution in [1.29, 1.82) is 0 Å². The Balaban J connectivity index is 1.06. The van der Waals surface area contributed by atoms with E-state index in [1.54, 1.807) is 0 Å². The Morgan fingerprint density at radius 1 is 1.00 bits per heavy atom. The van der Waals surface area contributed by atoms with Crippen LogP contribution in [0.15, 0.2) is 30.3 Å². The molecule has 2 saturated heterocycles. The molecule has 7 rings (SSSR count). The quantitative estimate of drug-likeness (QED) is 0.675. The molecule has 5 atom stereocenters. The Morgan fingerprint density at radius 2 is 1.70 bits per heavy atom. The Labute approximate surface area is 176 Å². The first kappa shape index (κ1) is 18.2. The Kier molecular flexibility index (Phi) is 3.90. The van der Waals surface area contributed by atoms with Crippen LogP contribution in [0.4, 0.5) is 0 Å². The molecular weight excluding hydrogens is 376 g/mol. The maximum atomic E-state index is 13.2. The number of carbonyl (C=O) groups is 3. The number of ketones is 1. The van der Waals surface area contributed by atoms with Gasteiger partial charge in [0.15, 0.2) is 0 Å². The van der Waals surface area contributed by atoms with Gasteiger partial charge in [-0.1, -0.05) is 24.1 Å². The van der Waals surface area contributed by atoms with Crippen LogP contribution in [0.25, 0.3) is 0 Å². The van der Waals surface area contributed by atoms with Crippen LogP contribution in [0.3, 0.4) is 0 Å². The summed E-state index contributed by atoms with van der Waals surface area (Å²) in [6.45, 7) is 3.02. The first-order chi connectivity index (χ1) is 14.6. The van der Waals surface area contributed by atoms with E-state index in [1.165, 1.54) is 0 Å². The topological polar surface area (TPSA) is 57.7 Å². The molecule has 0 radical (unpaired) electrons. The highest BCUT2D eigenvalue weighted by Crippen LogP contribution is 2.71. The van der Waals surface area contributed by atoms with Gasteiger partial charge >= 0.3 is 0 Å². The Morgan fingerprint density at radius 3 is 2.30 bits per heavy atom. The van der Waals surface area contributed by atoms with E-state index in [0.29, 0.717) is 30.7 Å². The zero-order valence-corrected chi connectivity index (χ0v) is 17.0. The standard InChI is InChI=1S/C25H26N2O3/c28-19(7-6-16-4-2-1-3-5-16)26-11-8-25(9-12-26)10-13-27(15-25)24(30)22-18-14-17-20(22)21(17)23(18)29/h1-5,17-18,20-22H,8-15H2. The molecule has 1 aromatic rings. The molecule has 6 fully saturated rings. The van der Waals surface area contributed by atoms with Crippen LogP contribution < -0.4 is 0 Å². The normalized spacial score (nSPS) is 34.8. The van der Waals surface area contributed by atoms with E-state index >= 15 is 0 Å². The zero-order chi connectivity index (χ0) is 20.5. The number of piperidine rings is 1. The molecule has 30 heavy (non-hydrogen) atoms. The molecule has 4 saturated carbocycles. The van der Waals surface area contributed by atoms with Gasteiger partial charge in [0.05, 0.1) is 5.92 Å². The molecule has 6 aliphatic rings. The summed E-state index contributed by atoms with van der Waals surface area (Å²) < 4.78 is 0. The summed E-state index contributed by atoms with van der Waals surface area (Å²) in [5, 5.41) is 0. The predicted octanol–water partition coefficient (Wildman–Crippen LogP) is 1.96. The van der Waals surface area contributed by atoms with Crippen LogP contribution >= 0.6 is 0 Å². The molecule has 154 valence electrons. The van der Waals surface area contributed by atoms with E-state index in [4.69, 9.17) is 0 Å². The van der Waals surface area contributed by atoms with Crippen molar-refractivity contribution in [2.24, 2.45) is 35.0 Å². The highest BCUT2D eigenvalue weighted by molar-refractivity contribution is 6.00. The molecule has 5 nitrogen and oxygen atoms in total. The number of carbonyl (C=O) groups excluding carboxylic acids is 3. The largest absolute Gasteiger partial charge is 0.342 e. The van der Waals surface area contributed by atoms with Gasteiger partial charge < -0.3 is 9.80 Å². The average Bonchev–Trinajstić information content (AvgIpc) is 3.12. The minimum atomic E-state index is -0.108. The Bertz CT molecular complexity index is 983. The minimum absolute atomic E-state index is 0.0161. The number of rotatable bonds is 1. The number of nitrogens with zero attached hydrogens (tertiary/aromatic N) is 2. The maximum absolute atomic E-state index is 13.2. The third-order valence-electron chi connectivity index (χ3n) is 8.53. The van der Waals surface area contributed by atoms with Gasteiger partial charge in [-0.05, 0) is 55.1 Å². The molecule has 5 unspecified atom stereocenters. The van der Waals surface area contributed by atoms with Crippen LogP contribution in [0, 0.1) is 46.8 Å². The van der Waals surface area contributed by atoms with Crippen molar-refractivity contribution in [2.45, 2.75) is 25.7 Å². The number of likely N-dealkylation sites (tertiary alicyclic amines) is 2. The summed E-state index contributed by atoms with van der Waals surface area (Å²) in [5.41, 5.74) is 0.985. The van der Waals surface area contributed by atoms with Gasteiger partial charge in [0.2, 0.25) is 5.91 Å². The summed E-state index contributed by atoms with van der Waals surface area (Å²) in [4.78, 5) is 41.8. The van der Waals surface area contributed by atoms with Gasteiger partial charge in [-0.2, -0.15) is 0 Å². The fourth-order valence-electron chi connectivity index (χ4n) is 6.83. The number of hydrogen-bond acceptors (Lipinski definition) is 3. The molecule has 4 aliphatic carbocycles. The number of amides is 2. The lowest BCUT2D eigenvalue weighted by molar-refractivity contribution is -0.138. The van der Waals surface area contributed by atoms with Crippen molar-refractivity contribution in [3.63, 3.8) is 0 Å². The first-order valence-corrected chi connectivity index (χ1v) is 11.2. The highest BCUT2D eigenvalue weighted by Gasteiger charge is 2.75. The van der Waals surface area contributed by atoms with E-state index in [-0.39, 0.29) is 35.0 Å². The number of hydrogen-bond donors (Lipinski definition) is 0. The lowest BCUT2D eigenvalue weighted by atomic mass is 9.77. The number of Topliss-reactive ketones (excluding diaryl/α,β-unsaturated/α-hetero) is 1. The van der Waals surface area contributed by atoms with Gasteiger partial charge in [-0.25, -0.2) is 0 Å². The fourth-order valence-corrected chi connectivity index (χ4v) is 6.83. The van der Waals surface area contributed by atoms with E-state index in [2.05, 4.69) is 11.8 Å². The average molecular weight is 402 g/mol. The fraction of sp³-hybridized carbons (Fsp3) is 0.560. The van der Waals surface area contributed by atoms with E-state index in [9.17, 15) is 14.4 Å². The van der Waals surface area contributed by atoms with Gasteiger partial charge in [-0.3, -0.25) is 14.4 Å². The molecule has 2 amide bonds. The lowest BCUT2D eigenvalue weighted by Gasteiger charge is -2.38. The highest BCUT2D eigenvalue weighted by atomic mass is 16.2. The third-order valence-corrected chi connectivity index (χ3v) is 8.53. The zero-order valence-electron chi connectivity index (χ0n) is 17.0. The first-order valence-electron chi connectivity index (χ1n) is 11.2. The maximum Gasteiger partial charge on any atom is 0.298 e. The van der Waals surface area contributed by atoms with Crippen LogP contribution in [-0.2, 0) is 14.4 Å². The third kappa shape index (κ3) is 2.66. The summed E-state index contributed by atoms with van der Waals surface area (Å²) >= 11 is 0. The molecule has 5 heteroatoms. The van der Waals surface area contributed by atoms with Gasteiger partial charge in [0.1, 0.15) is 5.78 Å². The minimum Gasteiger partial charge on any atom is -0.342 e. The summed E-state index contributed by atoms with van der Waals surface area (Å²) in [7, 11) is 0. The van der Waals surface area contributed by atoms with Crippen molar-refractivity contribution in [3.05, 3.63) is 35.9 Å². The van der Waals surface area contributed by atoms with Gasteiger partial charge in [0.25, 0.3) is 5.91 Å². The second kappa shape index (κ2) is 6.44. The van der Waals surface area contributed by atoms with Crippen LogP contribution in [-0.4, -0.2) is 53.6 Å². The van der Waals surface area contributed by atoms with E-state index < -0.39 is 0 Å². The molecular formula is C25H26N2O3. The molecule has 0 aromatic heterocycles. The molecule has 0 N–H and O–H groups in total. The Hall–Kier alpha value is -2.61. The van der Waals surface area contributed by atoms with Crippen LogP contribution in [0.5, 0.6) is 0 Å². The number of benzene rings is 1. The molecule has 2 aliphatic heterocycles. The molecule has 2 heterocycles. The smallest absolute Gasteiger partial charge is 0.298 e. The predicted molar refractivity (Wildman–Crippen MR) is 110 cm³/mol. The van der Waals surface area contributed by atoms with Gasteiger partial charge in [0, 0.05) is 49.5 Å². The monoisotopic (exact) mass is 402 g/mol. The summed E-state index contributed by atoms with van der Waals surface area (Å²) in [6, 6.07) is 9.58. The summed E-state index contributed by atoms with van der Waals surface area (Å²) in [5.74, 6) is 7.37. The molecule has 4 bridgehead atoms. The second-order valence-electron chi connectivity index (χ2n) is 9.96. The van der Waals surface area contributed by atoms with Crippen molar-refractivity contribution < 1.29 is 14.4 Å². The van der Waals surface area contributed by atoms with Gasteiger partial charge in [-0.15, -0.1) is 0 Å². The lowest BCUT2D eigenvalue weighted by Crippen LogP contribution is -2.45. The van der Waals surface area contributed by atoms with Crippen molar-refractivity contribution in [3.8, 4) is 11.8 Å². The van der Waals surface area contributed by atoms with Crippen molar-refractivity contribution in [2.75, 3.05) is 26.2 Å². The van der Waals surface area contributed by atoms with Crippen molar-refractivity contribution in [1.82, 2.24) is 9.80 Å². The SMILES string of the molecule is O=C1C2CC3C1C3C2C(=O)N1CCC2(CCN(C(=O)C#Cc3ccccc3)CC2)C1. The van der Waals surface area contributed by atoms with Crippen LogP contribution in [0.1, 0.15) is 31.2 Å². The second-order valence-corrected chi connectivity index (χ2v) is 9.96. The van der Waals surface area contributed by atoms with Crippen molar-refractivity contribution >= 4 is 17.6 Å². The van der Waals surface area contributed by atoms with E-state index in [0.717, 1.165) is 44.3 Å². The molecule has 1 spiro atoms. The summed E-state index contributed by atoms with van der Waals surface area (Å²) in [6.07, 6.45) is 3.83. The molecule has 1 aromatic carbocycles.